The molecule has 0 atom stereocenters. The van der Waals surface area contributed by atoms with E-state index >= 15 is 0 Å². The van der Waals surface area contributed by atoms with Gasteiger partial charge in [0.1, 0.15) is 12.4 Å². The maximum atomic E-state index is 11.6. The molecular formula is C13H21NO3S. The lowest BCUT2D eigenvalue weighted by molar-refractivity contribution is 0.340. The lowest BCUT2D eigenvalue weighted by Gasteiger charge is -2.09. The van der Waals surface area contributed by atoms with Gasteiger partial charge in [0.05, 0.1) is 11.5 Å². The van der Waals surface area contributed by atoms with E-state index in [0.717, 1.165) is 5.56 Å². The number of hydrogen-bond donors (Lipinski definition) is 1. The van der Waals surface area contributed by atoms with Gasteiger partial charge in [-0.1, -0.05) is 26.0 Å². The van der Waals surface area contributed by atoms with E-state index in [0.29, 0.717) is 12.3 Å². The highest BCUT2D eigenvalue weighted by Gasteiger charge is 2.13. The Balaban J connectivity index is 2.41. The molecule has 2 N–H and O–H groups in total. The van der Waals surface area contributed by atoms with Crippen LogP contribution < -0.4 is 10.5 Å². The zero-order valence-electron chi connectivity index (χ0n) is 10.9. The zero-order chi connectivity index (χ0) is 13.6. The van der Waals surface area contributed by atoms with E-state index in [1.807, 2.05) is 26.0 Å². The Morgan fingerprint density at radius 3 is 2.33 bits per heavy atom. The van der Waals surface area contributed by atoms with Crippen molar-refractivity contribution >= 4 is 9.84 Å². The molecule has 18 heavy (non-hydrogen) atoms. The van der Waals surface area contributed by atoms with Crippen LogP contribution in [-0.4, -0.2) is 26.5 Å². The molecule has 0 fully saturated rings. The number of sulfone groups is 1. The first-order chi connectivity index (χ1) is 8.43. The van der Waals surface area contributed by atoms with Crippen molar-refractivity contribution in [3.8, 4) is 5.75 Å². The van der Waals surface area contributed by atoms with Gasteiger partial charge in [-0.3, -0.25) is 0 Å². The van der Waals surface area contributed by atoms with E-state index < -0.39 is 9.84 Å². The van der Waals surface area contributed by atoms with Crippen LogP contribution in [0.4, 0.5) is 0 Å². The van der Waals surface area contributed by atoms with E-state index in [9.17, 15) is 8.42 Å². The average Bonchev–Trinajstić information content (AvgIpc) is 2.28. The summed E-state index contributed by atoms with van der Waals surface area (Å²) in [6.07, 6.45) is 0. The first kappa shape index (κ1) is 15.0. The van der Waals surface area contributed by atoms with Gasteiger partial charge in [0.15, 0.2) is 9.84 Å². The van der Waals surface area contributed by atoms with Crippen molar-refractivity contribution < 1.29 is 13.2 Å². The molecule has 1 rings (SSSR count). The van der Waals surface area contributed by atoms with Crippen LogP contribution in [0.2, 0.25) is 0 Å². The molecule has 0 aliphatic heterocycles. The van der Waals surface area contributed by atoms with Crippen molar-refractivity contribution in [3.05, 3.63) is 29.8 Å². The van der Waals surface area contributed by atoms with Gasteiger partial charge in [0.25, 0.3) is 0 Å². The second-order valence-corrected chi connectivity index (χ2v) is 6.93. The quantitative estimate of drug-likeness (QED) is 0.817. The number of hydrogen-bond acceptors (Lipinski definition) is 4. The SMILES string of the molecule is CC(C)CS(=O)(=O)CCOc1ccc(CN)cc1. The molecule has 0 spiro atoms. The minimum absolute atomic E-state index is 0.0593. The van der Waals surface area contributed by atoms with E-state index in [-0.39, 0.29) is 24.0 Å². The third-order valence-corrected chi connectivity index (χ3v) is 4.37. The Hall–Kier alpha value is -1.07. The fourth-order valence-electron chi connectivity index (χ4n) is 1.60. The molecule has 0 aromatic heterocycles. The van der Waals surface area contributed by atoms with E-state index in [1.165, 1.54) is 0 Å². The summed E-state index contributed by atoms with van der Waals surface area (Å²) in [5.74, 6) is 1.09. The fourth-order valence-corrected chi connectivity index (χ4v) is 3.12. The fraction of sp³-hybridized carbons (Fsp3) is 0.538. The summed E-state index contributed by atoms with van der Waals surface area (Å²) in [5, 5.41) is 0. The van der Waals surface area contributed by atoms with Gasteiger partial charge in [-0.25, -0.2) is 8.42 Å². The monoisotopic (exact) mass is 271 g/mol. The van der Waals surface area contributed by atoms with Crippen molar-refractivity contribution in [3.63, 3.8) is 0 Å². The summed E-state index contributed by atoms with van der Waals surface area (Å²) in [7, 11) is -3.01. The van der Waals surface area contributed by atoms with Crippen LogP contribution in [0.5, 0.6) is 5.75 Å². The molecule has 102 valence electrons. The first-order valence-corrected chi connectivity index (χ1v) is 7.87. The molecule has 4 nitrogen and oxygen atoms in total. The van der Waals surface area contributed by atoms with Gasteiger partial charge in [0.2, 0.25) is 0 Å². The Bertz CT molecular complexity index is 452. The van der Waals surface area contributed by atoms with E-state index in [4.69, 9.17) is 10.5 Å². The molecule has 1 aromatic rings. The third-order valence-electron chi connectivity index (χ3n) is 2.41. The van der Waals surface area contributed by atoms with E-state index in [2.05, 4.69) is 0 Å². The summed E-state index contributed by atoms with van der Waals surface area (Å²) in [6, 6.07) is 7.35. The maximum Gasteiger partial charge on any atom is 0.153 e. The molecule has 0 bridgehead atoms. The van der Waals surface area contributed by atoms with Crippen LogP contribution in [0.25, 0.3) is 0 Å². The molecule has 0 saturated carbocycles. The molecule has 0 radical (unpaired) electrons. The number of rotatable bonds is 7. The molecule has 0 heterocycles. The van der Waals surface area contributed by atoms with Gasteiger partial charge in [-0.15, -0.1) is 0 Å². The minimum atomic E-state index is -3.01. The van der Waals surface area contributed by atoms with E-state index in [1.54, 1.807) is 12.1 Å². The molecule has 0 aliphatic rings. The molecule has 5 heteroatoms. The Morgan fingerprint density at radius 2 is 1.83 bits per heavy atom. The second kappa shape index (κ2) is 6.75. The smallest absolute Gasteiger partial charge is 0.153 e. The third kappa shape index (κ3) is 5.51. The summed E-state index contributed by atoms with van der Waals surface area (Å²) in [6.45, 7) is 4.47. The number of nitrogens with two attached hydrogens (primary N) is 1. The van der Waals surface area contributed by atoms with Crippen LogP contribution in [0, 0.1) is 5.92 Å². The Kier molecular flexibility index (Phi) is 5.62. The van der Waals surface area contributed by atoms with Crippen LogP contribution in [0.15, 0.2) is 24.3 Å². The maximum absolute atomic E-state index is 11.6. The topological polar surface area (TPSA) is 69.4 Å². The van der Waals surface area contributed by atoms with Crippen molar-refractivity contribution in [1.29, 1.82) is 0 Å². The molecular weight excluding hydrogens is 250 g/mol. The summed E-state index contributed by atoms with van der Waals surface area (Å²) < 4.78 is 28.7. The predicted molar refractivity (Wildman–Crippen MR) is 73.3 cm³/mol. The lowest BCUT2D eigenvalue weighted by atomic mass is 10.2. The van der Waals surface area contributed by atoms with Gasteiger partial charge in [-0.2, -0.15) is 0 Å². The predicted octanol–water partition coefficient (Wildman–Crippen LogP) is 1.59. The van der Waals surface area contributed by atoms with Crippen LogP contribution in [-0.2, 0) is 16.4 Å². The van der Waals surface area contributed by atoms with Crippen molar-refractivity contribution in [1.82, 2.24) is 0 Å². The highest BCUT2D eigenvalue weighted by molar-refractivity contribution is 7.91. The van der Waals surface area contributed by atoms with Gasteiger partial charge in [0, 0.05) is 6.54 Å². The Labute approximate surface area is 109 Å². The largest absolute Gasteiger partial charge is 0.493 e. The summed E-state index contributed by atoms with van der Waals surface area (Å²) in [4.78, 5) is 0. The summed E-state index contributed by atoms with van der Waals surface area (Å²) in [5.41, 5.74) is 6.51. The van der Waals surface area contributed by atoms with Gasteiger partial charge < -0.3 is 10.5 Å². The van der Waals surface area contributed by atoms with Crippen molar-refractivity contribution in [2.45, 2.75) is 20.4 Å². The lowest BCUT2D eigenvalue weighted by Crippen LogP contribution is -2.19. The summed E-state index contributed by atoms with van der Waals surface area (Å²) >= 11 is 0. The zero-order valence-corrected chi connectivity index (χ0v) is 11.7. The van der Waals surface area contributed by atoms with Crippen LogP contribution in [0.1, 0.15) is 19.4 Å². The highest BCUT2D eigenvalue weighted by Crippen LogP contribution is 2.12. The first-order valence-electron chi connectivity index (χ1n) is 6.05. The molecule has 1 aromatic carbocycles. The van der Waals surface area contributed by atoms with Crippen molar-refractivity contribution in [2.24, 2.45) is 11.7 Å². The molecule has 0 aliphatic carbocycles. The minimum Gasteiger partial charge on any atom is -0.493 e. The van der Waals surface area contributed by atoms with Crippen LogP contribution >= 0.6 is 0 Å². The van der Waals surface area contributed by atoms with Gasteiger partial charge >= 0.3 is 0 Å². The van der Waals surface area contributed by atoms with Gasteiger partial charge in [-0.05, 0) is 23.6 Å². The average molecular weight is 271 g/mol. The second-order valence-electron chi connectivity index (χ2n) is 4.70. The molecule has 0 saturated heterocycles. The van der Waals surface area contributed by atoms with Crippen molar-refractivity contribution in [2.75, 3.05) is 18.1 Å². The number of ether oxygens (including phenoxy) is 1. The normalized spacial score (nSPS) is 11.8. The molecule has 0 amide bonds. The highest BCUT2D eigenvalue weighted by atomic mass is 32.2. The number of benzene rings is 1. The molecule has 0 unspecified atom stereocenters. The van der Waals surface area contributed by atoms with Crippen LogP contribution in [0.3, 0.4) is 0 Å². The Morgan fingerprint density at radius 1 is 1.22 bits per heavy atom. The standard InChI is InChI=1S/C13H21NO3S/c1-11(2)10-18(15,16)8-7-17-13-5-3-12(9-14)4-6-13/h3-6,11H,7-10,14H2,1-2H3.